The van der Waals surface area contributed by atoms with Crippen LogP contribution in [0.3, 0.4) is 0 Å². The minimum atomic E-state index is -0.667. The van der Waals surface area contributed by atoms with Crippen LogP contribution >= 0.6 is 22.6 Å². The van der Waals surface area contributed by atoms with Gasteiger partial charge < -0.3 is 24.7 Å². The number of hydrogen-bond donors (Lipinski definition) is 3. The number of hydrogen-bond acceptors (Lipinski definition) is 7. The van der Waals surface area contributed by atoms with Crippen LogP contribution < -0.4 is 10.6 Å². The van der Waals surface area contributed by atoms with Crippen LogP contribution in [0.2, 0.25) is 0 Å². The molecule has 4 rings (SSSR count). The van der Waals surface area contributed by atoms with E-state index in [1.807, 2.05) is 22.6 Å². The number of benzene rings is 2. The number of imidazole rings is 1. The minimum Gasteiger partial charge on any atom is -0.403 e. The summed E-state index contributed by atoms with van der Waals surface area (Å²) in [7, 11) is 1.73. The number of nitrogens with one attached hydrogen (secondary N) is 2. The molecule has 3 N–H and O–H groups in total. The van der Waals surface area contributed by atoms with E-state index < -0.39 is 11.6 Å². The SMILES string of the molecule is Cn1cnc2c(F)c(Nc3ccc(I)cc3F)c(-c3nnc(NCCO)o3)cc21. The quantitative estimate of drug-likeness (QED) is 0.339. The van der Waals surface area contributed by atoms with Gasteiger partial charge in [0.15, 0.2) is 5.82 Å². The summed E-state index contributed by atoms with van der Waals surface area (Å²) in [6, 6.07) is 6.27. The second kappa shape index (κ2) is 7.91. The number of rotatable bonds is 6. The Balaban J connectivity index is 1.86. The van der Waals surface area contributed by atoms with E-state index in [1.165, 1.54) is 18.5 Å². The van der Waals surface area contributed by atoms with Crippen molar-refractivity contribution < 1.29 is 18.3 Å². The first kappa shape index (κ1) is 19.5. The van der Waals surface area contributed by atoms with Gasteiger partial charge in [-0.3, -0.25) is 0 Å². The Kier molecular flexibility index (Phi) is 5.32. The third kappa shape index (κ3) is 3.74. The molecule has 150 valence electrons. The summed E-state index contributed by atoms with van der Waals surface area (Å²) in [5.41, 5.74) is 0.950. The maximum absolute atomic E-state index is 15.3. The topological polar surface area (TPSA) is 101 Å². The maximum atomic E-state index is 15.3. The van der Waals surface area contributed by atoms with Crippen molar-refractivity contribution in [1.82, 2.24) is 19.7 Å². The lowest BCUT2D eigenvalue weighted by molar-refractivity contribution is 0.309. The number of anilines is 3. The molecule has 0 spiro atoms. The van der Waals surface area contributed by atoms with Crippen molar-refractivity contribution in [2.24, 2.45) is 7.05 Å². The van der Waals surface area contributed by atoms with Gasteiger partial charge in [-0.25, -0.2) is 13.8 Å². The minimum absolute atomic E-state index is 0.0286. The average molecular weight is 512 g/mol. The molecule has 0 unspecified atom stereocenters. The van der Waals surface area contributed by atoms with Crippen LogP contribution in [0.1, 0.15) is 0 Å². The highest BCUT2D eigenvalue weighted by Gasteiger charge is 2.22. The Hall–Kier alpha value is -2.80. The summed E-state index contributed by atoms with van der Waals surface area (Å²) in [6.07, 6.45) is 1.48. The van der Waals surface area contributed by atoms with E-state index >= 15 is 4.39 Å². The number of nitrogens with zero attached hydrogens (tertiary/aromatic N) is 4. The van der Waals surface area contributed by atoms with Crippen molar-refractivity contribution in [3.8, 4) is 11.5 Å². The largest absolute Gasteiger partial charge is 0.403 e. The predicted octanol–water partition coefficient (Wildman–Crippen LogP) is 3.65. The summed E-state index contributed by atoms with van der Waals surface area (Å²) < 4.78 is 37.6. The third-order valence-electron chi connectivity index (χ3n) is 4.19. The lowest BCUT2D eigenvalue weighted by atomic mass is 10.1. The molecule has 0 aliphatic heterocycles. The highest BCUT2D eigenvalue weighted by atomic mass is 127. The van der Waals surface area contributed by atoms with E-state index in [0.29, 0.717) is 9.09 Å². The third-order valence-corrected chi connectivity index (χ3v) is 4.87. The first-order chi connectivity index (χ1) is 14.0. The molecule has 8 nitrogen and oxygen atoms in total. The molecule has 11 heteroatoms. The van der Waals surface area contributed by atoms with Crippen LogP contribution in [0, 0.1) is 15.2 Å². The molecule has 0 atom stereocenters. The number of fused-ring (bicyclic) bond motifs is 1. The van der Waals surface area contributed by atoms with Crippen molar-refractivity contribution in [3.63, 3.8) is 0 Å². The van der Waals surface area contributed by atoms with E-state index in [1.54, 1.807) is 23.7 Å². The van der Waals surface area contributed by atoms with Crippen LogP contribution in [0.5, 0.6) is 0 Å². The zero-order chi connectivity index (χ0) is 20.5. The van der Waals surface area contributed by atoms with E-state index in [0.717, 1.165) is 0 Å². The van der Waals surface area contributed by atoms with Gasteiger partial charge in [-0.2, -0.15) is 0 Å². The zero-order valence-electron chi connectivity index (χ0n) is 15.1. The molecule has 0 fully saturated rings. The summed E-state index contributed by atoms with van der Waals surface area (Å²) in [5.74, 6) is -1.17. The van der Waals surface area contributed by atoms with Crippen molar-refractivity contribution in [1.29, 1.82) is 0 Å². The van der Waals surface area contributed by atoms with E-state index in [4.69, 9.17) is 9.52 Å². The molecular weight excluding hydrogens is 497 g/mol. The number of aliphatic hydroxyl groups excluding tert-OH is 1. The molecule has 0 amide bonds. The van der Waals surface area contributed by atoms with Crippen LogP contribution in [-0.4, -0.2) is 38.0 Å². The van der Waals surface area contributed by atoms with Crippen LogP contribution in [0.25, 0.3) is 22.5 Å². The lowest BCUT2D eigenvalue weighted by Gasteiger charge is -2.13. The zero-order valence-corrected chi connectivity index (χ0v) is 17.2. The molecule has 0 aliphatic rings. The average Bonchev–Trinajstić information content (AvgIpc) is 3.31. The van der Waals surface area contributed by atoms with Crippen molar-refractivity contribution in [3.05, 3.63) is 45.8 Å². The van der Waals surface area contributed by atoms with Gasteiger partial charge in [0, 0.05) is 17.2 Å². The molecule has 0 bridgehead atoms. The second-order valence-electron chi connectivity index (χ2n) is 6.15. The van der Waals surface area contributed by atoms with E-state index in [-0.39, 0.29) is 47.5 Å². The number of aryl methyl sites for hydroxylation is 1. The Morgan fingerprint density at radius 3 is 2.83 bits per heavy atom. The fourth-order valence-corrected chi connectivity index (χ4v) is 3.26. The van der Waals surface area contributed by atoms with Crippen molar-refractivity contribution in [2.45, 2.75) is 0 Å². The van der Waals surface area contributed by atoms with Gasteiger partial charge in [-0.1, -0.05) is 5.10 Å². The molecule has 0 saturated heterocycles. The number of aromatic nitrogens is 4. The Morgan fingerprint density at radius 1 is 1.24 bits per heavy atom. The highest BCUT2D eigenvalue weighted by molar-refractivity contribution is 14.1. The Bertz CT molecular complexity index is 1190. The summed E-state index contributed by atoms with van der Waals surface area (Å²) >= 11 is 1.99. The van der Waals surface area contributed by atoms with Crippen LogP contribution in [0.15, 0.2) is 35.0 Å². The fourth-order valence-electron chi connectivity index (χ4n) is 2.81. The monoisotopic (exact) mass is 512 g/mol. The van der Waals surface area contributed by atoms with Gasteiger partial charge in [0.2, 0.25) is 0 Å². The molecule has 2 aromatic carbocycles. The second-order valence-corrected chi connectivity index (χ2v) is 7.39. The molecule has 0 aliphatic carbocycles. The summed E-state index contributed by atoms with van der Waals surface area (Å²) in [5, 5.41) is 22.2. The molecule has 2 heterocycles. The van der Waals surface area contributed by atoms with Crippen LogP contribution in [0.4, 0.5) is 26.2 Å². The standard InChI is InChI=1S/C18H15F2IN6O2/c1-27-8-23-16-13(27)7-10(17-25-26-18(29-17)22-4-5-28)15(14(16)20)24-12-3-2-9(21)6-11(12)19/h2-3,6-8,24,28H,4-5H2,1H3,(H,22,26). The smallest absolute Gasteiger partial charge is 0.315 e. The Morgan fingerprint density at radius 2 is 2.07 bits per heavy atom. The van der Waals surface area contributed by atoms with E-state index in [2.05, 4.69) is 25.8 Å². The van der Waals surface area contributed by atoms with Gasteiger partial charge in [0.05, 0.1) is 35.4 Å². The van der Waals surface area contributed by atoms with Gasteiger partial charge in [0.25, 0.3) is 5.89 Å². The fraction of sp³-hybridized carbons (Fsp3) is 0.167. The molecule has 29 heavy (non-hydrogen) atoms. The number of halogens is 3. The van der Waals surface area contributed by atoms with Crippen molar-refractivity contribution in [2.75, 3.05) is 23.8 Å². The molecule has 0 saturated carbocycles. The van der Waals surface area contributed by atoms with Gasteiger partial charge in [-0.15, -0.1) is 5.10 Å². The lowest BCUT2D eigenvalue weighted by Crippen LogP contribution is -2.05. The summed E-state index contributed by atoms with van der Waals surface area (Å²) in [6.45, 7) is 0.0991. The van der Waals surface area contributed by atoms with Crippen molar-refractivity contribution >= 4 is 51.0 Å². The summed E-state index contributed by atoms with van der Waals surface area (Å²) in [4.78, 5) is 4.08. The number of aliphatic hydroxyl groups is 1. The first-order valence-corrected chi connectivity index (χ1v) is 9.60. The highest BCUT2D eigenvalue weighted by Crippen LogP contribution is 2.37. The predicted molar refractivity (Wildman–Crippen MR) is 112 cm³/mol. The first-order valence-electron chi connectivity index (χ1n) is 8.52. The van der Waals surface area contributed by atoms with Crippen LogP contribution in [-0.2, 0) is 7.05 Å². The maximum Gasteiger partial charge on any atom is 0.315 e. The Labute approximate surface area is 177 Å². The normalized spacial score (nSPS) is 11.2. The molecule has 2 aromatic heterocycles. The van der Waals surface area contributed by atoms with E-state index in [9.17, 15) is 4.39 Å². The molecular formula is C18H15F2IN6O2. The van der Waals surface area contributed by atoms with Gasteiger partial charge in [0.1, 0.15) is 11.3 Å². The molecule has 0 radical (unpaired) electrons. The van der Waals surface area contributed by atoms with Gasteiger partial charge >= 0.3 is 6.01 Å². The van der Waals surface area contributed by atoms with Gasteiger partial charge in [-0.05, 0) is 46.9 Å². The molecule has 4 aromatic rings.